The Balaban J connectivity index is 2.32. The Bertz CT molecular complexity index is 564. The number of methoxy groups -OCH3 is 1. The summed E-state index contributed by atoms with van der Waals surface area (Å²) < 4.78 is 11.1. The van der Waals surface area contributed by atoms with Gasteiger partial charge in [-0.1, -0.05) is 6.07 Å². The molecule has 0 radical (unpaired) electrons. The number of aliphatic hydroxyl groups excluding tert-OH is 1. The van der Waals surface area contributed by atoms with Crippen molar-refractivity contribution in [2.45, 2.75) is 17.9 Å². The lowest BCUT2D eigenvalue weighted by Gasteiger charge is -2.16. The number of ether oxygens (including phenoxy) is 2. The third kappa shape index (κ3) is 3.26. The van der Waals surface area contributed by atoms with Crippen LogP contribution in [0.4, 0.5) is 0 Å². The molecule has 0 heterocycles. The van der Waals surface area contributed by atoms with Crippen LogP contribution in [0, 0.1) is 0 Å². The van der Waals surface area contributed by atoms with E-state index in [1.54, 1.807) is 25.8 Å². The normalized spacial score (nSPS) is 12.0. The molecule has 0 aliphatic heterocycles. The van der Waals surface area contributed by atoms with Crippen LogP contribution in [0.5, 0.6) is 17.2 Å². The zero-order valence-corrected chi connectivity index (χ0v) is 12.6. The van der Waals surface area contributed by atoms with Gasteiger partial charge in [-0.15, -0.1) is 11.8 Å². The number of hydrogen-bond donors (Lipinski definition) is 1. The minimum absolute atomic E-state index is 0.608. The van der Waals surface area contributed by atoms with Gasteiger partial charge in [-0.2, -0.15) is 0 Å². The first-order valence-corrected chi connectivity index (χ1v) is 7.55. The monoisotopic (exact) mass is 290 g/mol. The highest BCUT2D eigenvalue weighted by atomic mass is 32.2. The third-order valence-electron chi connectivity index (χ3n) is 2.95. The van der Waals surface area contributed by atoms with Crippen LogP contribution in [0.3, 0.4) is 0 Å². The smallest absolute Gasteiger partial charge is 0.136 e. The van der Waals surface area contributed by atoms with Crippen molar-refractivity contribution in [1.82, 2.24) is 0 Å². The summed E-state index contributed by atoms with van der Waals surface area (Å²) >= 11 is 1.68. The van der Waals surface area contributed by atoms with Gasteiger partial charge in [0.05, 0.1) is 18.8 Å². The van der Waals surface area contributed by atoms with Crippen LogP contribution < -0.4 is 9.47 Å². The first-order valence-electron chi connectivity index (χ1n) is 6.32. The van der Waals surface area contributed by atoms with E-state index in [1.807, 2.05) is 48.7 Å². The van der Waals surface area contributed by atoms with Crippen molar-refractivity contribution < 1.29 is 14.6 Å². The van der Waals surface area contributed by atoms with Crippen molar-refractivity contribution in [3.05, 3.63) is 48.0 Å². The van der Waals surface area contributed by atoms with E-state index >= 15 is 0 Å². The molecule has 0 aliphatic carbocycles. The second kappa shape index (κ2) is 6.68. The van der Waals surface area contributed by atoms with Crippen LogP contribution in [0.25, 0.3) is 0 Å². The maximum atomic E-state index is 9.91. The summed E-state index contributed by atoms with van der Waals surface area (Å²) in [5, 5.41) is 9.91. The lowest BCUT2D eigenvalue weighted by molar-refractivity contribution is 0.190. The zero-order chi connectivity index (χ0) is 14.5. The Hall–Kier alpha value is -1.65. The second-order valence-corrected chi connectivity index (χ2v) is 5.21. The van der Waals surface area contributed by atoms with E-state index in [-0.39, 0.29) is 0 Å². The fourth-order valence-electron chi connectivity index (χ4n) is 1.97. The van der Waals surface area contributed by atoms with E-state index in [2.05, 4.69) is 0 Å². The van der Waals surface area contributed by atoms with Gasteiger partial charge >= 0.3 is 0 Å². The van der Waals surface area contributed by atoms with Gasteiger partial charge in [0.25, 0.3) is 0 Å². The van der Waals surface area contributed by atoms with Crippen LogP contribution in [-0.4, -0.2) is 18.5 Å². The molecule has 3 nitrogen and oxygen atoms in total. The predicted molar refractivity (Wildman–Crippen MR) is 81.9 cm³/mol. The summed E-state index contributed by atoms with van der Waals surface area (Å²) in [5.41, 5.74) is 0.656. The van der Waals surface area contributed by atoms with Crippen molar-refractivity contribution in [2.24, 2.45) is 0 Å². The molecule has 0 aliphatic rings. The number of rotatable bonds is 5. The van der Waals surface area contributed by atoms with Crippen LogP contribution in [-0.2, 0) is 0 Å². The molecular formula is C16H18O3S. The molecule has 4 heteroatoms. The summed E-state index contributed by atoms with van der Waals surface area (Å²) in [6.07, 6.45) is 1.37. The lowest BCUT2D eigenvalue weighted by Crippen LogP contribution is -2.00. The van der Waals surface area contributed by atoms with E-state index in [0.29, 0.717) is 17.1 Å². The summed E-state index contributed by atoms with van der Waals surface area (Å²) in [7, 11) is 1.58. The minimum Gasteiger partial charge on any atom is -0.496 e. The third-order valence-corrected chi connectivity index (χ3v) is 3.69. The molecule has 0 saturated carbocycles. The van der Waals surface area contributed by atoms with E-state index in [0.717, 1.165) is 5.75 Å². The maximum absolute atomic E-state index is 9.91. The van der Waals surface area contributed by atoms with E-state index < -0.39 is 6.10 Å². The van der Waals surface area contributed by atoms with Crippen molar-refractivity contribution in [2.75, 3.05) is 13.4 Å². The lowest BCUT2D eigenvalue weighted by atomic mass is 10.1. The average molecular weight is 290 g/mol. The Morgan fingerprint density at radius 3 is 2.25 bits per heavy atom. The molecule has 0 aromatic heterocycles. The molecular weight excluding hydrogens is 272 g/mol. The molecule has 1 atom stereocenters. The molecule has 2 aromatic rings. The highest BCUT2D eigenvalue weighted by Gasteiger charge is 2.15. The first kappa shape index (κ1) is 14.8. The molecule has 0 saturated heterocycles. The van der Waals surface area contributed by atoms with Gasteiger partial charge < -0.3 is 14.6 Å². The second-order valence-electron chi connectivity index (χ2n) is 4.33. The van der Waals surface area contributed by atoms with Crippen molar-refractivity contribution >= 4 is 11.8 Å². The predicted octanol–water partition coefficient (Wildman–Crippen LogP) is 4.26. The summed E-state index contributed by atoms with van der Waals surface area (Å²) in [5.74, 6) is 1.97. The Kier molecular flexibility index (Phi) is 4.93. The molecule has 0 spiro atoms. The zero-order valence-electron chi connectivity index (χ0n) is 11.8. The molecule has 0 unspecified atom stereocenters. The van der Waals surface area contributed by atoms with Crippen LogP contribution in [0.2, 0.25) is 0 Å². The van der Waals surface area contributed by atoms with Gasteiger partial charge in [-0.25, -0.2) is 0 Å². The van der Waals surface area contributed by atoms with Gasteiger partial charge in [0.15, 0.2) is 0 Å². The largest absolute Gasteiger partial charge is 0.496 e. The van der Waals surface area contributed by atoms with Gasteiger partial charge in [0, 0.05) is 4.90 Å². The number of aliphatic hydroxyl groups is 1. The Labute approximate surface area is 123 Å². The Morgan fingerprint density at radius 2 is 1.70 bits per heavy atom. The fraction of sp³-hybridized carbons (Fsp3) is 0.250. The van der Waals surface area contributed by atoms with Gasteiger partial charge in [-0.3, -0.25) is 0 Å². The molecule has 1 N–H and O–H groups in total. The molecule has 106 valence electrons. The molecule has 2 aromatic carbocycles. The van der Waals surface area contributed by atoms with Crippen molar-refractivity contribution in [1.29, 1.82) is 0 Å². The highest BCUT2D eigenvalue weighted by Crippen LogP contribution is 2.36. The number of benzene rings is 2. The fourth-order valence-corrected chi connectivity index (χ4v) is 2.38. The maximum Gasteiger partial charge on any atom is 0.136 e. The molecule has 0 fully saturated rings. The van der Waals surface area contributed by atoms with Crippen LogP contribution in [0.15, 0.2) is 47.4 Å². The highest BCUT2D eigenvalue weighted by molar-refractivity contribution is 7.98. The van der Waals surface area contributed by atoms with Gasteiger partial charge in [0.1, 0.15) is 17.2 Å². The molecule has 20 heavy (non-hydrogen) atoms. The first-order chi connectivity index (χ1) is 9.65. The topological polar surface area (TPSA) is 38.7 Å². The minimum atomic E-state index is -0.661. The van der Waals surface area contributed by atoms with E-state index in [9.17, 15) is 5.11 Å². The van der Waals surface area contributed by atoms with Gasteiger partial charge in [-0.05, 0) is 49.6 Å². The summed E-state index contributed by atoms with van der Waals surface area (Å²) in [6, 6.07) is 13.3. The SMILES string of the molecule is COc1cccc(Oc2ccc(SC)cc2)c1[C@H](C)O. The standard InChI is InChI=1S/C16H18O3S/c1-11(17)16-14(18-2)5-4-6-15(16)19-12-7-9-13(20-3)10-8-12/h4-11,17H,1-3H3/t11-/m0/s1. The van der Waals surface area contributed by atoms with E-state index in [4.69, 9.17) is 9.47 Å². The van der Waals surface area contributed by atoms with Gasteiger partial charge in [0.2, 0.25) is 0 Å². The quantitative estimate of drug-likeness (QED) is 0.835. The average Bonchev–Trinajstić information content (AvgIpc) is 2.47. The van der Waals surface area contributed by atoms with E-state index in [1.165, 1.54) is 4.90 Å². The molecule has 2 rings (SSSR count). The van der Waals surface area contributed by atoms with Crippen molar-refractivity contribution in [3.63, 3.8) is 0 Å². The number of hydrogen-bond acceptors (Lipinski definition) is 4. The molecule has 0 amide bonds. The summed E-state index contributed by atoms with van der Waals surface area (Å²) in [4.78, 5) is 1.18. The summed E-state index contributed by atoms with van der Waals surface area (Å²) in [6.45, 7) is 1.70. The Morgan fingerprint density at radius 1 is 1.05 bits per heavy atom. The van der Waals surface area contributed by atoms with Crippen LogP contribution in [0.1, 0.15) is 18.6 Å². The van der Waals surface area contributed by atoms with Crippen LogP contribution >= 0.6 is 11.8 Å². The molecule has 0 bridgehead atoms. The van der Waals surface area contributed by atoms with Crippen molar-refractivity contribution in [3.8, 4) is 17.2 Å². The number of thioether (sulfide) groups is 1.